The van der Waals surface area contributed by atoms with Crippen molar-refractivity contribution in [2.45, 2.75) is 51.7 Å². The molecule has 76 valence electrons. The van der Waals surface area contributed by atoms with Crippen LogP contribution in [0, 0.1) is 11.5 Å². The fraction of sp³-hybridized carbons (Fsp3) is 0.818. The van der Waals surface area contributed by atoms with Crippen LogP contribution >= 0.6 is 15.9 Å². The largest absolute Gasteiger partial charge is 0.137 e. The fourth-order valence-corrected chi connectivity index (χ4v) is 5.21. The number of alkyl halides is 1. The summed E-state index contributed by atoms with van der Waals surface area (Å²) in [4.78, 5) is 0. The van der Waals surface area contributed by atoms with Crippen molar-refractivity contribution in [1.82, 2.24) is 0 Å². The van der Waals surface area contributed by atoms with Crippen LogP contribution in [0.1, 0.15) is 33.6 Å². The van der Waals surface area contributed by atoms with Gasteiger partial charge in [0.1, 0.15) is 8.07 Å². The Labute approximate surface area is 92.6 Å². The molecule has 0 aliphatic heterocycles. The minimum atomic E-state index is -1.16. The van der Waals surface area contributed by atoms with Crippen molar-refractivity contribution >= 4 is 24.0 Å². The van der Waals surface area contributed by atoms with Crippen molar-refractivity contribution < 1.29 is 0 Å². The van der Waals surface area contributed by atoms with Crippen molar-refractivity contribution in [3.8, 4) is 11.5 Å². The minimum Gasteiger partial charge on any atom is -0.131 e. The maximum Gasteiger partial charge on any atom is 0.137 e. The van der Waals surface area contributed by atoms with Gasteiger partial charge in [-0.2, -0.15) is 0 Å². The molecule has 2 heteroatoms. The van der Waals surface area contributed by atoms with E-state index in [1.807, 2.05) is 6.92 Å². The van der Waals surface area contributed by atoms with Gasteiger partial charge in [-0.3, -0.25) is 0 Å². The van der Waals surface area contributed by atoms with Gasteiger partial charge < -0.3 is 0 Å². The lowest BCUT2D eigenvalue weighted by atomic mass is 10.4. The summed E-state index contributed by atoms with van der Waals surface area (Å²) in [5.74, 6) is 3.14. The molecule has 0 fully saturated rings. The predicted molar refractivity (Wildman–Crippen MR) is 68.0 cm³/mol. The van der Waals surface area contributed by atoms with Crippen LogP contribution in [0.4, 0.5) is 0 Å². The summed E-state index contributed by atoms with van der Waals surface area (Å²) in [6.07, 6.45) is 2.66. The smallest absolute Gasteiger partial charge is 0.131 e. The highest BCUT2D eigenvalue weighted by molar-refractivity contribution is 9.09. The molecular formula is C11H21BrSi. The lowest BCUT2D eigenvalue weighted by molar-refractivity contribution is 0.877. The highest BCUT2D eigenvalue weighted by atomic mass is 79.9. The van der Waals surface area contributed by atoms with Crippen LogP contribution in [0.2, 0.25) is 18.1 Å². The number of halogens is 1. The van der Waals surface area contributed by atoms with E-state index in [-0.39, 0.29) is 0 Å². The number of unbranched alkanes of at least 4 members (excludes halogenated alkanes) is 1. The normalized spacial score (nSPS) is 10.8. The van der Waals surface area contributed by atoms with Crippen LogP contribution in [-0.2, 0) is 0 Å². The third kappa shape index (κ3) is 4.88. The van der Waals surface area contributed by atoms with E-state index in [4.69, 9.17) is 0 Å². The average Bonchev–Trinajstić information content (AvgIpc) is 2.17. The summed E-state index contributed by atoms with van der Waals surface area (Å²) in [5.41, 5.74) is 3.53. The van der Waals surface area contributed by atoms with Crippen molar-refractivity contribution in [2.75, 3.05) is 5.33 Å². The third-order valence-corrected chi connectivity index (χ3v) is 8.14. The summed E-state index contributed by atoms with van der Waals surface area (Å²) < 4.78 is 0. The summed E-state index contributed by atoms with van der Waals surface area (Å²) in [5, 5.41) is 1.14. The van der Waals surface area contributed by atoms with Gasteiger partial charge in [0.05, 0.1) is 0 Å². The lowest BCUT2D eigenvalue weighted by Gasteiger charge is -2.22. The van der Waals surface area contributed by atoms with Crippen LogP contribution in [-0.4, -0.2) is 13.4 Å². The first kappa shape index (κ1) is 13.3. The van der Waals surface area contributed by atoms with Crippen molar-refractivity contribution in [3.05, 3.63) is 0 Å². The zero-order valence-electron chi connectivity index (χ0n) is 9.12. The highest BCUT2D eigenvalue weighted by Crippen LogP contribution is 2.22. The maximum atomic E-state index is 3.53. The second-order valence-electron chi connectivity index (χ2n) is 3.51. The van der Waals surface area contributed by atoms with Gasteiger partial charge in [-0.25, -0.2) is 0 Å². The van der Waals surface area contributed by atoms with Gasteiger partial charge in [0, 0.05) is 5.33 Å². The Hall–Kier alpha value is 0.257. The van der Waals surface area contributed by atoms with E-state index in [1.54, 1.807) is 0 Å². The van der Waals surface area contributed by atoms with Gasteiger partial charge in [-0.1, -0.05) is 36.2 Å². The van der Waals surface area contributed by atoms with Gasteiger partial charge in [-0.05, 0) is 31.5 Å². The Morgan fingerprint density at radius 2 is 1.77 bits per heavy atom. The quantitative estimate of drug-likeness (QED) is 0.291. The second kappa shape index (κ2) is 7.64. The molecule has 0 saturated heterocycles. The molecule has 0 heterocycles. The van der Waals surface area contributed by atoms with Crippen molar-refractivity contribution in [1.29, 1.82) is 0 Å². The third-order valence-electron chi connectivity index (χ3n) is 2.78. The highest BCUT2D eigenvalue weighted by Gasteiger charge is 2.25. The minimum absolute atomic E-state index is 1.14. The van der Waals surface area contributed by atoms with Gasteiger partial charge in [0.25, 0.3) is 0 Å². The summed E-state index contributed by atoms with van der Waals surface area (Å²) in [7, 11) is -1.16. The summed E-state index contributed by atoms with van der Waals surface area (Å²) >= 11 is 3.48. The van der Waals surface area contributed by atoms with E-state index in [1.165, 1.54) is 31.0 Å². The molecule has 0 atom stereocenters. The zero-order valence-corrected chi connectivity index (χ0v) is 11.7. The van der Waals surface area contributed by atoms with Crippen molar-refractivity contribution in [2.24, 2.45) is 0 Å². The van der Waals surface area contributed by atoms with E-state index in [2.05, 4.69) is 41.2 Å². The Morgan fingerprint density at radius 1 is 1.15 bits per heavy atom. The zero-order chi connectivity index (χ0) is 10.2. The van der Waals surface area contributed by atoms with Gasteiger partial charge in [-0.15, -0.1) is 11.5 Å². The van der Waals surface area contributed by atoms with Crippen LogP contribution in [0.3, 0.4) is 0 Å². The topological polar surface area (TPSA) is 0 Å². The number of hydrogen-bond donors (Lipinski definition) is 0. The van der Waals surface area contributed by atoms with Gasteiger partial charge in [0.2, 0.25) is 0 Å². The number of hydrogen-bond acceptors (Lipinski definition) is 0. The summed E-state index contributed by atoms with van der Waals surface area (Å²) in [6.45, 7) is 6.61. The fourth-order valence-electron chi connectivity index (χ4n) is 1.67. The van der Waals surface area contributed by atoms with Gasteiger partial charge in [0.15, 0.2) is 0 Å². The monoisotopic (exact) mass is 260 g/mol. The van der Waals surface area contributed by atoms with Gasteiger partial charge >= 0.3 is 0 Å². The summed E-state index contributed by atoms with van der Waals surface area (Å²) in [6, 6.07) is 4.05. The van der Waals surface area contributed by atoms with E-state index in [0.717, 1.165) is 5.33 Å². The molecule has 0 aromatic heterocycles. The molecule has 0 aromatic rings. The molecule has 0 aliphatic carbocycles. The molecule has 0 rings (SSSR count). The Bertz CT molecular complexity index is 174. The molecule has 0 amide bonds. The van der Waals surface area contributed by atoms with Crippen LogP contribution in [0.5, 0.6) is 0 Å². The number of rotatable bonds is 6. The Kier molecular flexibility index (Phi) is 7.79. The first-order chi connectivity index (χ1) is 6.24. The SMILES string of the molecule is CC#C[Si](CC)(CC)CCCCBr. The standard InChI is InChI=1S/C11H21BrSi/c1-4-10-13(5-2,6-3)11-8-7-9-12/h5-9,11H2,1-3H3. The van der Waals surface area contributed by atoms with Crippen LogP contribution in [0.25, 0.3) is 0 Å². The lowest BCUT2D eigenvalue weighted by Crippen LogP contribution is -2.30. The van der Waals surface area contributed by atoms with E-state index in [0.29, 0.717) is 0 Å². The molecule has 0 nitrogen and oxygen atoms in total. The molecule has 0 saturated carbocycles. The van der Waals surface area contributed by atoms with Crippen LogP contribution < -0.4 is 0 Å². The molecule has 0 radical (unpaired) electrons. The Morgan fingerprint density at radius 3 is 2.15 bits per heavy atom. The molecule has 0 bridgehead atoms. The average molecular weight is 261 g/mol. The first-order valence-corrected chi connectivity index (χ1v) is 8.98. The predicted octanol–water partition coefficient (Wildman–Crippen LogP) is 4.21. The second-order valence-corrected chi connectivity index (χ2v) is 9.03. The molecule has 13 heavy (non-hydrogen) atoms. The van der Waals surface area contributed by atoms with E-state index < -0.39 is 8.07 Å². The van der Waals surface area contributed by atoms with E-state index in [9.17, 15) is 0 Å². The first-order valence-electron chi connectivity index (χ1n) is 5.24. The maximum absolute atomic E-state index is 3.53. The van der Waals surface area contributed by atoms with E-state index >= 15 is 0 Å². The molecule has 0 N–H and O–H groups in total. The van der Waals surface area contributed by atoms with Crippen LogP contribution in [0.15, 0.2) is 0 Å². The molecule has 0 aromatic carbocycles. The molecular weight excluding hydrogens is 240 g/mol. The molecule has 0 spiro atoms. The molecule has 0 unspecified atom stereocenters. The Balaban J connectivity index is 4.11. The van der Waals surface area contributed by atoms with Crippen molar-refractivity contribution in [3.63, 3.8) is 0 Å². The molecule has 0 aliphatic rings.